The molecule has 1 saturated carbocycles. The number of nitrogens with one attached hydrogen (secondary N) is 1. The van der Waals surface area contributed by atoms with E-state index in [1.54, 1.807) is 18.2 Å². The van der Waals surface area contributed by atoms with Crippen LogP contribution in [0.25, 0.3) is 0 Å². The molecule has 0 spiro atoms. The second-order valence-electron chi connectivity index (χ2n) is 6.20. The van der Waals surface area contributed by atoms with E-state index < -0.39 is 5.41 Å². The van der Waals surface area contributed by atoms with Gasteiger partial charge in [0.15, 0.2) is 6.61 Å². The molecule has 0 radical (unpaired) electrons. The van der Waals surface area contributed by atoms with E-state index in [-0.39, 0.29) is 18.5 Å². The lowest BCUT2D eigenvalue weighted by Crippen LogP contribution is -2.28. The van der Waals surface area contributed by atoms with Crippen molar-refractivity contribution in [3.05, 3.63) is 63.1 Å². The van der Waals surface area contributed by atoms with Gasteiger partial charge in [-0.3, -0.25) is 9.59 Å². The van der Waals surface area contributed by atoms with Crippen molar-refractivity contribution >= 4 is 45.1 Å². The maximum atomic E-state index is 12.4. The Bertz CT molecular complexity index is 816. The summed E-state index contributed by atoms with van der Waals surface area (Å²) in [5.74, 6) is -0.738. The Labute approximate surface area is 159 Å². The Morgan fingerprint density at radius 2 is 1.88 bits per heavy atom. The Kier molecular flexibility index (Phi) is 5.16. The van der Waals surface area contributed by atoms with Gasteiger partial charge < -0.3 is 10.1 Å². The first kappa shape index (κ1) is 18.0. The molecule has 4 nitrogen and oxygen atoms in total. The van der Waals surface area contributed by atoms with Crippen LogP contribution in [-0.2, 0) is 19.7 Å². The standard InChI is InChI=1S/C19H17BrClNO3/c1-12-2-7-16(15(20)10-12)22-17(23)11-25-18(24)19(8-9-19)13-3-5-14(21)6-4-13/h2-7,10H,8-9,11H2,1H3,(H,22,23). The summed E-state index contributed by atoms with van der Waals surface area (Å²) >= 11 is 9.29. The fraction of sp³-hybridized carbons (Fsp3) is 0.263. The predicted molar refractivity (Wildman–Crippen MR) is 101 cm³/mol. The maximum absolute atomic E-state index is 12.4. The van der Waals surface area contributed by atoms with Crippen molar-refractivity contribution in [3.63, 3.8) is 0 Å². The minimum absolute atomic E-state index is 0.311. The summed E-state index contributed by atoms with van der Waals surface area (Å²) in [4.78, 5) is 24.5. The molecule has 0 heterocycles. The molecule has 2 aromatic carbocycles. The highest BCUT2D eigenvalue weighted by Gasteiger charge is 2.52. The zero-order valence-electron chi connectivity index (χ0n) is 13.6. The van der Waals surface area contributed by atoms with Crippen LogP contribution in [0.2, 0.25) is 5.02 Å². The highest BCUT2D eigenvalue weighted by atomic mass is 79.9. The molecule has 1 aliphatic rings. The van der Waals surface area contributed by atoms with E-state index >= 15 is 0 Å². The van der Waals surface area contributed by atoms with Gasteiger partial charge in [0.1, 0.15) is 0 Å². The first-order valence-corrected chi connectivity index (χ1v) is 9.07. The van der Waals surface area contributed by atoms with E-state index in [0.717, 1.165) is 28.4 Å². The third kappa shape index (κ3) is 4.05. The minimum atomic E-state index is -0.630. The van der Waals surface area contributed by atoms with Gasteiger partial charge in [0, 0.05) is 9.50 Å². The second kappa shape index (κ2) is 7.18. The van der Waals surface area contributed by atoms with Crippen LogP contribution >= 0.6 is 27.5 Å². The van der Waals surface area contributed by atoms with Crippen LogP contribution < -0.4 is 5.32 Å². The van der Waals surface area contributed by atoms with Crippen molar-refractivity contribution in [2.75, 3.05) is 11.9 Å². The normalized spacial score (nSPS) is 14.7. The van der Waals surface area contributed by atoms with Gasteiger partial charge in [-0.05, 0) is 71.1 Å². The number of benzene rings is 2. The van der Waals surface area contributed by atoms with Crippen molar-refractivity contribution < 1.29 is 14.3 Å². The second-order valence-corrected chi connectivity index (χ2v) is 7.49. The van der Waals surface area contributed by atoms with E-state index in [9.17, 15) is 9.59 Å². The van der Waals surface area contributed by atoms with Crippen LogP contribution in [-0.4, -0.2) is 18.5 Å². The number of aryl methyl sites for hydroxylation is 1. The SMILES string of the molecule is Cc1ccc(NC(=O)COC(=O)C2(c3ccc(Cl)cc3)CC2)c(Br)c1. The van der Waals surface area contributed by atoms with Gasteiger partial charge in [0.2, 0.25) is 0 Å². The van der Waals surface area contributed by atoms with Crippen LogP contribution in [0, 0.1) is 6.92 Å². The van der Waals surface area contributed by atoms with Crippen LogP contribution in [0.5, 0.6) is 0 Å². The largest absolute Gasteiger partial charge is 0.455 e. The molecule has 0 saturated heterocycles. The van der Waals surface area contributed by atoms with Crippen molar-refractivity contribution in [2.45, 2.75) is 25.2 Å². The number of hydrogen-bond acceptors (Lipinski definition) is 3. The number of amides is 1. The lowest BCUT2D eigenvalue weighted by molar-refractivity contribution is -0.150. The molecule has 0 aliphatic heterocycles. The predicted octanol–water partition coefficient (Wildman–Crippen LogP) is 4.62. The minimum Gasteiger partial charge on any atom is -0.455 e. The molecule has 0 bridgehead atoms. The summed E-state index contributed by atoms with van der Waals surface area (Å²) in [6, 6.07) is 12.8. The molecule has 3 rings (SSSR count). The lowest BCUT2D eigenvalue weighted by Gasteiger charge is -2.15. The van der Waals surface area contributed by atoms with E-state index in [2.05, 4.69) is 21.2 Å². The van der Waals surface area contributed by atoms with Gasteiger partial charge in [-0.15, -0.1) is 0 Å². The Hall–Kier alpha value is -1.85. The molecule has 1 aliphatic carbocycles. The molecule has 0 unspecified atom stereocenters. The molecule has 1 amide bonds. The molecule has 25 heavy (non-hydrogen) atoms. The number of anilines is 1. The number of carbonyl (C=O) groups excluding carboxylic acids is 2. The van der Waals surface area contributed by atoms with E-state index in [1.807, 2.05) is 31.2 Å². The number of carbonyl (C=O) groups is 2. The molecule has 1 fully saturated rings. The van der Waals surface area contributed by atoms with Crippen molar-refractivity contribution in [1.29, 1.82) is 0 Å². The molecule has 2 aromatic rings. The first-order chi connectivity index (χ1) is 11.9. The quantitative estimate of drug-likeness (QED) is 0.715. The Morgan fingerprint density at radius 1 is 1.20 bits per heavy atom. The summed E-state index contributed by atoms with van der Waals surface area (Å²) in [6.07, 6.45) is 1.44. The number of hydrogen-bond donors (Lipinski definition) is 1. The van der Waals surface area contributed by atoms with Gasteiger partial charge in [-0.1, -0.05) is 29.8 Å². The molecule has 0 aromatic heterocycles. The summed E-state index contributed by atoms with van der Waals surface area (Å²) < 4.78 is 6.04. The first-order valence-electron chi connectivity index (χ1n) is 7.90. The van der Waals surface area contributed by atoms with Gasteiger partial charge in [-0.25, -0.2) is 0 Å². The molecule has 0 atom stereocenters. The van der Waals surface area contributed by atoms with Crippen molar-refractivity contribution in [2.24, 2.45) is 0 Å². The van der Waals surface area contributed by atoms with E-state index in [0.29, 0.717) is 10.7 Å². The third-order valence-corrected chi connectivity index (χ3v) is 5.18. The zero-order valence-corrected chi connectivity index (χ0v) is 16.0. The summed E-state index contributed by atoms with van der Waals surface area (Å²) in [5, 5.41) is 3.35. The smallest absolute Gasteiger partial charge is 0.317 e. The maximum Gasteiger partial charge on any atom is 0.317 e. The van der Waals surface area contributed by atoms with Gasteiger partial charge in [-0.2, -0.15) is 0 Å². The van der Waals surface area contributed by atoms with Gasteiger partial charge in [0.05, 0.1) is 11.1 Å². The lowest BCUT2D eigenvalue weighted by atomic mass is 9.96. The van der Waals surface area contributed by atoms with Crippen LogP contribution in [0.3, 0.4) is 0 Å². The average molecular weight is 423 g/mol. The topological polar surface area (TPSA) is 55.4 Å². The number of halogens is 2. The highest BCUT2D eigenvalue weighted by molar-refractivity contribution is 9.10. The van der Waals surface area contributed by atoms with Crippen LogP contribution in [0.1, 0.15) is 24.0 Å². The van der Waals surface area contributed by atoms with Crippen LogP contribution in [0.4, 0.5) is 5.69 Å². The summed E-state index contributed by atoms with van der Waals surface area (Å²) in [7, 11) is 0. The number of ether oxygens (including phenoxy) is 1. The summed E-state index contributed by atoms with van der Waals surface area (Å²) in [5.41, 5.74) is 1.97. The van der Waals surface area contributed by atoms with Crippen molar-refractivity contribution in [1.82, 2.24) is 0 Å². The van der Waals surface area contributed by atoms with E-state index in [4.69, 9.17) is 16.3 Å². The molecule has 1 N–H and O–H groups in total. The zero-order chi connectivity index (χ0) is 18.0. The van der Waals surface area contributed by atoms with Crippen molar-refractivity contribution in [3.8, 4) is 0 Å². The number of esters is 1. The Morgan fingerprint density at radius 3 is 2.48 bits per heavy atom. The highest BCUT2D eigenvalue weighted by Crippen LogP contribution is 2.49. The molecule has 130 valence electrons. The monoisotopic (exact) mass is 421 g/mol. The number of rotatable bonds is 5. The van der Waals surface area contributed by atoms with Gasteiger partial charge >= 0.3 is 5.97 Å². The molecular weight excluding hydrogens is 406 g/mol. The molecule has 6 heteroatoms. The molecular formula is C19H17BrClNO3. The van der Waals surface area contributed by atoms with Gasteiger partial charge in [0.25, 0.3) is 5.91 Å². The average Bonchev–Trinajstić information content (AvgIpc) is 3.38. The summed E-state index contributed by atoms with van der Waals surface area (Å²) in [6.45, 7) is 1.65. The third-order valence-electron chi connectivity index (χ3n) is 4.27. The Balaban J connectivity index is 1.58. The fourth-order valence-electron chi connectivity index (χ4n) is 2.68. The van der Waals surface area contributed by atoms with E-state index in [1.165, 1.54) is 0 Å². The fourth-order valence-corrected chi connectivity index (χ4v) is 3.40. The van der Waals surface area contributed by atoms with Crippen LogP contribution in [0.15, 0.2) is 46.9 Å².